The summed E-state index contributed by atoms with van der Waals surface area (Å²) in [6.07, 6.45) is 0. The van der Waals surface area contributed by atoms with Crippen molar-refractivity contribution in [2.24, 2.45) is 0 Å². The topological polar surface area (TPSA) is 116 Å². The molecule has 2 aromatic rings. The van der Waals surface area contributed by atoms with Crippen molar-refractivity contribution in [1.82, 2.24) is 5.32 Å². The molecule has 2 aromatic carbocycles. The fourth-order valence-corrected chi connectivity index (χ4v) is 2.88. The van der Waals surface area contributed by atoms with E-state index in [9.17, 15) is 31.6 Å². The molecule has 0 spiro atoms. The molecule has 8 nitrogen and oxygen atoms in total. The second-order valence-electron chi connectivity index (χ2n) is 5.48. The van der Waals surface area contributed by atoms with Gasteiger partial charge in [-0.05, 0) is 36.4 Å². The number of sulfone groups is 1. The average molecular weight is 427 g/mol. The van der Waals surface area contributed by atoms with Crippen LogP contribution in [0.25, 0.3) is 0 Å². The van der Waals surface area contributed by atoms with Crippen LogP contribution in [0.3, 0.4) is 0 Å². The normalized spacial score (nSPS) is 11.0. The van der Waals surface area contributed by atoms with Crippen LogP contribution in [0.2, 0.25) is 0 Å². The number of carbonyl (C=O) groups is 3. The maximum absolute atomic E-state index is 12.5. The first-order valence-electron chi connectivity index (χ1n) is 7.93. The molecule has 0 saturated carbocycles. The van der Waals surface area contributed by atoms with Gasteiger partial charge >= 0.3 is 11.7 Å². The van der Waals surface area contributed by atoms with Gasteiger partial charge in [-0.15, -0.1) is 0 Å². The highest BCUT2D eigenvalue weighted by Crippen LogP contribution is 2.19. The first-order chi connectivity index (χ1) is 13.7. The minimum Gasteiger partial charge on any atom is -0.496 e. The molecule has 29 heavy (non-hydrogen) atoms. The van der Waals surface area contributed by atoms with Gasteiger partial charge in [0.05, 0.1) is 23.1 Å². The van der Waals surface area contributed by atoms with E-state index in [2.05, 4.69) is 0 Å². The van der Waals surface area contributed by atoms with Crippen LogP contribution in [-0.2, 0) is 19.4 Å². The van der Waals surface area contributed by atoms with Crippen LogP contribution in [0.1, 0.15) is 20.7 Å². The number of amides is 2. The predicted octanol–water partition coefficient (Wildman–Crippen LogP) is 1.80. The first-order valence-corrected chi connectivity index (χ1v) is 9.48. The summed E-state index contributed by atoms with van der Waals surface area (Å²) in [7, 11) is -3.43. The second-order valence-corrected chi connectivity index (χ2v) is 7.40. The molecule has 154 valence electrons. The van der Waals surface area contributed by atoms with E-state index in [4.69, 9.17) is 9.47 Å². The number of alkyl halides is 2. The molecule has 0 fully saturated rings. The molecule has 0 bridgehead atoms. The lowest BCUT2D eigenvalue weighted by atomic mass is 10.2. The number of halogens is 2. The van der Waals surface area contributed by atoms with Gasteiger partial charge in [0, 0.05) is 0 Å². The number of methoxy groups -OCH3 is 1. The minimum absolute atomic E-state index is 0.102. The Morgan fingerprint density at radius 1 is 1.03 bits per heavy atom. The van der Waals surface area contributed by atoms with Crippen LogP contribution in [0.5, 0.6) is 5.75 Å². The molecule has 2 rings (SSSR count). The summed E-state index contributed by atoms with van der Waals surface area (Å²) in [4.78, 5) is 35.1. The smallest absolute Gasteiger partial charge is 0.341 e. The van der Waals surface area contributed by atoms with E-state index in [1.54, 1.807) is 12.1 Å². The quantitative estimate of drug-likeness (QED) is 0.670. The van der Waals surface area contributed by atoms with E-state index >= 15 is 0 Å². The van der Waals surface area contributed by atoms with Gasteiger partial charge in [0.2, 0.25) is 9.84 Å². The molecule has 0 heterocycles. The van der Waals surface area contributed by atoms with Crippen molar-refractivity contribution in [2.75, 3.05) is 13.7 Å². The van der Waals surface area contributed by atoms with Gasteiger partial charge in [0.25, 0.3) is 11.8 Å². The summed E-state index contributed by atoms with van der Waals surface area (Å²) < 4.78 is 57.4. The Hall–Kier alpha value is -3.34. The monoisotopic (exact) mass is 427 g/mol. The second kappa shape index (κ2) is 9.24. The molecule has 0 aliphatic rings. The van der Waals surface area contributed by atoms with Crippen LogP contribution in [-0.4, -0.2) is 45.7 Å². The third-order valence-corrected chi connectivity index (χ3v) is 4.99. The van der Waals surface area contributed by atoms with Gasteiger partial charge in [0.1, 0.15) is 5.75 Å². The molecular weight excluding hydrogens is 412 g/mol. The van der Waals surface area contributed by atoms with E-state index in [1.807, 2.05) is 5.32 Å². The maximum atomic E-state index is 12.5. The van der Waals surface area contributed by atoms with Crippen LogP contribution in [0, 0.1) is 0 Å². The molecule has 11 heteroatoms. The van der Waals surface area contributed by atoms with Gasteiger partial charge in [-0.1, -0.05) is 12.1 Å². The van der Waals surface area contributed by atoms with Crippen molar-refractivity contribution in [3.8, 4) is 5.75 Å². The summed E-state index contributed by atoms with van der Waals surface area (Å²) >= 11 is 0. The number of para-hydroxylation sites is 1. The fraction of sp³-hybridized carbons (Fsp3) is 0.167. The predicted molar refractivity (Wildman–Crippen MR) is 95.4 cm³/mol. The zero-order valence-electron chi connectivity index (χ0n) is 14.9. The van der Waals surface area contributed by atoms with Crippen LogP contribution < -0.4 is 10.1 Å². The number of esters is 1. The number of rotatable bonds is 7. The number of hydrogen-bond donors (Lipinski definition) is 1. The highest BCUT2D eigenvalue weighted by atomic mass is 32.2. The summed E-state index contributed by atoms with van der Waals surface area (Å²) in [5.74, 6) is -6.03. The van der Waals surface area contributed by atoms with Crippen LogP contribution in [0.4, 0.5) is 8.78 Å². The Balaban J connectivity index is 1.95. The Morgan fingerprint density at radius 3 is 2.24 bits per heavy atom. The summed E-state index contributed by atoms with van der Waals surface area (Å²) in [6, 6.07) is 9.74. The lowest BCUT2D eigenvalue weighted by Gasteiger charge is -2.09. The van der Waals surface area contributed by atoms with Crippen molar-refractivity contribution in [3.63, 3.8) is 0 Å². The van der Waals surface area contributed by atoms with E-state index in [0.717, 1.165) is 24.3 Å². The summed E-state index contributed by atoms with van der Waals surface area (Å²) in [6.45, 7) is -0.795. The minimum atomic E-state index is -4.79. The molecule has 0 radical (unpaired) electrons. The Labute approximate surface area is 164 Å². The largest absolute Gasteiger partial charge is 0.496 e. The van der Waals surface area contributed by atoms with Crippen molar-refractivity contribution < 1.29 is 41.1 Å². The van der Waals surface area contributed by atoms with Crippen LogP contribution >= 0.6 is 0 Å². The number of nitrogens with one attached hydrogen (secondary N) is 1. The molecule has 1 N–H and O–H groups in total. The molecule has 0 saturated heterocycles. The molecule has 2 amide bonds. The molecule has 0 atom stereocenters. The van der Waals surface area contributed by atoms with E-state index in [-0.39, 0.29) is 16.9 Å². The number of benzene rings is 2. The zero-order valence-corrected chi connectivity index (χ0v) is 15.7. The Bertz CT molecular complexity index is 1020. The lowest BCUT2D eigenvalue weighted by Crippen LogP contribution is -2.34. The van der Waals surface area contributed by atoms with Crippen molar-refractivity contribution in [3.05, 3.63) is 59.7 Å². The van der Waals surface area contributed by atoms with Gasteiger partial charge < -0.3 is 9.47 Å². The van der Waals surface area contributed by atoms with Gasteiger partial charge in [-0.25, -0.2) is 13.2 Å². The number of imide groups is 1. The molecule has 0 aliphatic heterocycles. The molecule has 0 aromatic heterocycles. The summed E-state index contributed by atoms with van der Waals surface area (Å²) in [5.41, 5.74) is -0.0624. The molecule has 0 unspecified atom stereocenters. The highest BCUT2D eigenvalue weighted by Gasteiger charge is 2.26. The van der Waals surface area contributed by atoms with Gasteiger partial charge in [-0.3, -0.25) is 14.9 Å². The van der Waals surface area contributed by atoms with Gasteiger partial charge in [-0.2, -0.15) is 8.78 Å². The van der Waals surface area contributed by atoms with Crippen LogP contribution in [0.15, 0.2) is 53.4 Å². The standard InChI is InChI=1S/C18H15F2NO7S/c1-27-14-5-3-2-4-13(14)16(23)21-15(22)10-28-17(24)11-6-8-12(9-7-11)29(25,26)18(19)20/h2-9,18H,10H2,1H3,(H,21,22,23). The van der Waals surface area contributed by atoms with E-state index in [1.165, 1.54) is 19.2 Å². The average Bonchev–Trinajstić information content (AvgIpc) is 2.71. The first kappa shape index (κ1) is 22.0. The van der Waals surface area contributed by atoms with Crippen molar-refractivity contribution in [1.29, 1.82) is 0 Å². The Morgan fingerprint density at radius 2 is 1.66 bits per heavy atom. The highest BCUT2D eigenvalue weighted by molar-refractivity contribution is 7.91. The van der Waals surface area contributed by atoms with Crippen molar-refractivity contribution in [2.45, 2.75) is 10.7 Å². The Kier molecular flexibility index (Phi) is 6.99. The number of hydrogen-bond acceptors (Lipinski definition) is 7. The number of ether oxygens (including phenoxy) is 2. The third kappa shape index (κ3) is 5.35. The third-order valence-electron chi connectivity index (χ3n) is 3.59. The number of carbonyl (C=O) groups excluding carboxylic acids is 3. The zero-order chi connectivity index (χ0) is 21.6. The van der Waals surface area contributed by atoms with Crippen molar-refractivity contribution >= 4 is 27.6 Å². The van der Waals surface area contributed by atoms with Gasteiger partial charge in [0.15, 0.2) is 6.61 Å². The molecular formula is C18H15F2NO7S. The van der Waals surface area contributed by atoms with E-state index in [0.29, 0.717) is 0 Å². The molecule has 0 aliphatic carbocycles. The maximum Gasteiger partial charge on any atom is 0.341 e. The lowest BCUT2D eigenvalue weighted by molar-refractivity contribution is -0.123. The summed E-state index contributed by atoms with van der Waals surface area (Å²) in [5, 5.41) is 2.02. The van der Waals surface area contributed by atoms with E-state index < -0.39 is 44.9 Å². The fourth-order valence-electron chi connectivity index (χ4n) is 2.16. The SMILES string of the molecule is COc1ccccc1C(=O)NC(=O)COC(=O)c1ccc(S(=O)(=O)C(F)F)cc1.